The van der Waals surface area contributed by atoms with Gasteiger partial charge in [-0.25, -0.2) is 8.42 Å². The van der Waals surface area contributed by atoms with Gasteiger partial charge >= 0.3 is 0 Å². The first-order valence-electron chi connectivity index (χ1n) is 10.7. The predicted molar refractivity (Wildman–Crippen MR) is 125 cm³/mol. The smallest absolute Gasteiger partial charge is 0.243 e. The molecule has 1 saturated heterocycles. The average molecular weight is 471 g/mol. The fourth-order valence-corrected chi connectivity index (χ4v) is 6.54. The highest BCUT2D eigenvalue weighted by molar-refractivity contribution is 8.00. The normalized spacial score (nSPS) is 20.2. The lowest BCUT2D eigenvalue weighted by Gasteiger charge is -2.34. The summed E-state index contributed by atoms with van der Waals surface area (Å²) in [6.07, 6.45) is 0.932. The van der Waals surface area contributed by atoms with Crippen molar-refractivity contribution in [3.8, 4) is 6.07 Å². The predicted octanol–water partition coefficient (Wildman–Crippen LogP) is 2.78. The Morgan fingerprint density at radius 3 is 2.44 bits per heavy atom. The SMILES string of the molecule is CC1CCN(C(=O)CN2CCN(S(=O)(=O)c3ccc(C#N)cc3)CC2)c2ccccc2S1. The molecule has 2 aliphatic heterocycles. The molecule has 1 amide bonds. The maximum absolute atomic E-state index is 13.2. The minimum Gasteiger partial charge on any atom is -0.310 e. The van der Waals surface area contributed by atoms with Crippen LogP contribution in [0.1, 0.15) is 18.9 Å². The zero-order chi connectivity index (χ0) is 22.7. The van der Waals surface area contributed by atoms with Crippen LogP contribution < -0.4 is 4.90 Å². The number of hydrogen-bond donors (Lipinski definition) is 0. The fourth-order valence-electron chi connectivity index (χ4n) is 4.00. The number of rotatable bonds is 4. The van der Waals surface area contributed by atoms with E-state index in [9.17, 15) is 13.2 Å². The van der Waals surface area contributed by atoms with Gasteiger partial charge in [0.15, 0.2) is 0 Å². The number of thioether (sulfide) groups is 1. The van der Waals surface area contributed by atoms with Crippen LogP contribution in [-0.2, 0) is 14.8 Å². The third-order valence-electron chi connectivity index (χ3n) is 5.86. The summed E-state index contributed by atoms with van der Waals surface area (Å²) in [7, 11) is -3.61. The Kier molecular flexibility index (Phi) is 6.86. The average Bonchev–Trinajstić information content (AvgIpc) is 2.97. The van der Waals surface area contributed by atoms with Crippen LogP contribution in [0.5, 0.6) is 0 Å². The van der Waals surface area contributed by atoms with Crippen LogP contribution in [0.4, 0.5) is 5.69 Å². The van der Waals surface area contributed by atoms with E-state index in [2.05, 4.69) is 13.0 Å². The third kappa shape index (κ3) is 4.84. The molecule has 4 rings (SSSR count). The maximum atomic E-state index is 13.2. The second-order valence-electron chi connectivity index (χ2n) is 8.05. The van der Waals surface area contributed by atoms with Crippen molar-refractivity contribution in [2.24, 2.45) is 0 Å². The molecule has 0 bridgehead atoms. The summed E-state index contributed by atoms with van der Waals surface area (Å²) < 4.78 is 27.3. The maximum Gasteiger partial charge on any atom is 0.243 e. The van der Waals surface area contributed by atoms with Gasteiger partial charge < -0.3 is 4.90 Å². The molecule has 0 spiro atoms. The number of carbonyl (C=O) groups is 1. The van der Waals surface area contributed by atoms with Gasteiger partial charge in [-0.1, -0.05) is 19.1 Å². The Morgan fingerprint density at radius 1 is 1.06 bits per heavy atom. The molecule has 1 fully saturated rings. The molecule has 0 N–H and O–H groups in total. The largest absolute Gasteiger partial charge is 0.310 e. The Bertz CT molecular complexity index is 1120. The van der Waals surface area contributed by atoms with Gasteiger partial charge in [-0.3, -0.25) is 9.69 Å². The van der Waals surface area contributed by atoms with Gasteiger partial charge in [-0.15, -0.1) is 11.8 Å². The molecule has 0 saturated carbocycles. The molecule has 2 heterocycles. The van der Waals surface area contributed by atoms with Gasteiger partial charge in [0.25, 0.3) is 0 Å². The van der Waals surface area contributed by atoms with Gasteiger partial charge in [-0.2, -0.15) is 9.57 Å². The molecule has 0 aromatic heterocycles. The number of carbonyl (C=O) groups excluding carboxylic acids is 1. The molecule has 7 nitrogen and oxygen atoms in total. The van der Waals surface area contributed by atoms with Crippen molar-refractivity contribution in [1.29, 1.82) is 5.26 Å². The Labute approximate surface area is 193 Å². The molecular formula is C23H26N4O3S2. The number of piperazine rings is 1. The number of nitriles is 1. The van der Waals surface area contributed by atoms with E-state index >= 15 is 0 Å². The van der Waals surface area contributed by atoms with E-state index < -0.39 is 10.0 Å². The fraction of sp³-hybridized carbons (Fsp3) is 0.391. The second-order valence-corrected chi connectivity index (χ2v) is 11.5. The van der Waals surface area contributed by atoms with Crippen molar-refractivity contribution in [3.63, 3.8) is 0 Å². The molecule has 1 atom stereocenters. The van der Waals surface area contributed by atoms with Crippen LogP contribution in [0.2, 0.25) is 0 Å². The summed E-state index contributed by atoms with van der Waals surface area (Å²) >= 11 is 1.80. The van der Waals surface area contributed by atoms with Gasteiger partial charge in [0, 0.05) is 42.9 Å². The van der Waals surface area contributed by atoms with Crippen LogP contribution in [0.3, 0.4) is 0 Å². The summed E-state index contributed by atoms with van der Waals surface area (Å²) in [5, 5.41) is 9.36. The van der Waals surface area contributed by atoms with Crippen LogP contribution in [0.15, 0.2) is 58.3 Å². The third-order valence-corrected chi connectivity index (χ3v) is 9.01. The lowest BCUT2D eigenvalue weighted by Crippen LogP contribution is -2.51. The molecule has 2 aromatic rings. The Hall–Kier alpha value is -2.38. The topological polar surface area (TPSA) is 84.7 Å². The molecule has 32 heavy (non-hydrogen) atoms. The number of fused-ring (bicyclic) bond motifs is 1. The van der Waals surface area contributed by atoms with Crippen molar-refractivity contribution < 1.29 is 13.2 Å². The molecule has 0 aliphatic carbocycles. The number of hydrogen-bond acceptors (Lipinski definition) is 6. The standard InChI is InChI=1S/C23H26N4O3S2/c1-18-10-11-27(21-4-2-3-5-22(21)31-18)23(28)17-25-12-14-26(15-13-25)32(29,30)20-8-6-19(16-24)7-9-20/h2-9,18H,10-15,17H2,1H3. The lowest BCUT2D eigenvalue weighted by atomic mass is 10.2. The van der Waals surface area contributed by atoms with Gasteiger partial charge in [0.2, 0.25) is 15.9 Å². The van der Waals surface area contributed by atoms with Gasteiger partial charge in [0.1, 0.15) is 0 Å². The first-order valence-corrected chi connectivity index (χ1v) is 13.0. The quantitative estimate of drug-likeness (QED) is 0.683. The first-order chi connectivity index (χ1) is 15.4. The van der Waals surface area contributed by atoms with Gasteiger partial charge in [-0.05, 0) is 42.8 Å². The van der Waals surface area contributed by atoms with Crippen molar-refractivity contribution in [1.82, 2.24) is 9.21 Å². The van der Waals surface area contributed by atoms with E-state index in [1.165, 1.54) is 28.6 Å². The molecule has 1 unspecified atom stereocenters. The minimum absolute atomic E-state index is 0.0514. The molecule has 2 aromatic carbocycles. The Morgan fingerprint density at radius 2 is 1.75 bits per heavy atom. The zero-order valence-corrected chi connectivity index (χ0v) is 19.6. The van der Waals surface area contributed by atoms with Crippen LogP contribution in [0, 0.1) is 11.3 Å². The van der Waals surface area contributed by atoms with Crippen molar-refractivity contribution in [2.45, 2.75) is 28.4 Å². The van der Waals surface area contributed by atoms with E-state index in [0.717, 1.165) is 17.0 Å². The van der Waals surface area contributed by atoms with Crippen LogP contribution in [0.25, 0.3) is 0 Å². The number of nitrogens with zero attached hydrogens (tertiary/aromatic N) is 4. The van der Waals surface area contributed by atoms with Crippen molar-refractivity contribution in [2.75, 3.05) is 44.2 Å². The Balaban J connectivity index is 1.39. The highest BCUT2D eigenvalue weighted by atomic mass is 32.2. The summed E-state index contributed by atoms with van der Waals surface area (Å²) in [4.78, 5) is 18.4. The van der Waals surface area contributed by atoms with Gasteiger partial charge in [0.05, 0.1) is 28.8 Å². The van der Waals surface area contributed by atoms with E-state index in [1.54, 1.807) is 11.8 Å². The zero-order valence-electron chi connectivity index (χ0n) is 18.0. The molecule has 2 aliphatic rings. The first kappa shape index (κ1) is 22.8. The minimum atomic E-state index is -3.61. The second kappa shape index (κ2) is 9.63. The van der Waals surface area contributed by atoms with E-state index in [1.807, 2.05) is 34.1 Å². The molecule has 9 heteroatoms. The van der Waals surface area contributed by atoms with E-state index in [0.29, 0.717) is 43.5 Å². The number of para-hydroxylation sites is 1. The van der Waals surface area contributed by atoms with Crippen LogP contribution in [-0.4, -0.2) is 68.0 Å². The number of amides is 1. The monoisotopic (exact) mass is 470 g/mol. The van der Waals surface area contributed by atoms with Crippen LogP contribution >= 0.6 is 11.8 Å². The lowest BCUT2D eigenvalue weighted by molar-refractivity contribution is -0.120. The highest BCUT2D eigenvalue weighted by Gasteiger charge is 2.31. The number of sulfonamides is 1. The van der Waals surface area contributed by atoms with E-state index in [-0.39, 0.29) is 17.3 Å². The summed E-state index contributed by atoms with van der Waals surface area (Å²) in [6.45, 7) is 4.82. The molecule has 0 radical (unpaired) electrons. The molecular weight excluding hydrogens is 444 g/mol. The summed E-state index contributed by atoms with van der Waals surface area (Å²) in [5.41, 5.74) is 1.39. The van der Waals surface area contributed by atoms with Crippen molar-refractivity contribution in [3.05, 3.63) is 54.1 Å². The summed E-state index contributed by atoms with van der Waals surface area (Å²) in [5.74, 6) is 0.0514. The summed E-state index contributed by atoms with van der Waals surface area (Å²) in [6, 6.07) is 16.0. The molecule has 168 valence electrons. The number of benzene rings is 2. The van der Waals surface area contributed by atoms with E-state index in [4.69, 9.17) is 5.26 Å². The number of anilines is 1. The van der Waals surface area contributed by atoms with Crippen molar-refractivity contribution >= 4 is 33.4 Å². The highest BCUT2D eigenvalue weighted by Crippen LogP contribution is 2.37.